The van der Waals surface area contributed by atoms with Crippen molar-refractivity contribution >= 4 is 21.6 Å². The van der Waals surface area contributed by atoms with Crippen LogP contribution in [0.15, 0.2) is 0 Å². The van der Waals surface area contributed by atoms with Crippen molar-refractivity contribution in [3.63, 3.8) is 0 Å². The molecule has 0 amide bonds. The summed E-state index contributed by atoms with van der Waals surface area (Å²) in [7, 11) is 4.03. The second-order valence-electron chi connectivity index (χ2n) is 2.25. The molecule has 0 nitrogen and oxygen atoms in total. The lowest BCUT2D eigenvalue weighted by atomic mass is 10.2. The number of rotatable bonds is 2. The standard InChI is InChI=1S/C5H10S2/c1-4(2)3-5-6-7-5/h4-5H,3H2,1-2H3. The molecule has 42 valence electrons. The Morgan fingerprint density at radius 1 is 1.43 bits per heavy atom. The van der Waals surface area contributed by atoms with Gasteiger partial charge in [-0.3, -0.25) is 0 Å². The summed E-state index contributed by atoms with van der Waals surface area (Å²) in [6, 6.07) is 0. The topological polar surface area (TPSA) is 0 Å². The molecule has 0 spiro atoms. The predicted molar refractivity (Wildman–Crippen MR) is 38.4 cm³/mol. The van der Waals surface area contributed by atoms with E-state index in [9.17, 15) is 0 Å². The van der Waals surface area contributed by atoms with Gasteiger partial charge in [-0.2, -0.15) is 0 Å². The van der Waals surface area contributed by atoms with E-state index in [-0.39, 0.29) is 0 Å². The highest BCUT2D eigenvalue weighted by molar-refractivity contribution is 8.92. The summed E-state index contributed by atoms with van der Waals surface area (Å²) in [6.07, 6.45) is 1.40. The van der Waals surface area contributed by atoms with Crippen LogP contribution in [0.2, 0.25) is 0 Å². The first-order valence-electron chi connectivity index (χ1n) is 2.61. The van der Waals surface area contributed by atoms with E-state index in [0.717, 1.165) is 10.5 Å². The van der Waals surface area contributed by atoms with Gasteiger partial charge in [0, 0.05) is 0 Å². The molecular formula is C5H10S2. The highest BCUT2D eigenvalue weighted by Gasteiger charge is 2.24. The Morgan fingerprint density at radius 2 is 2.00 bits per heavy atom. The highest BCUT2D eigenvalue weighted by atomic mass is 33.2. The smallest absolute Gasteiger partial charge is 0.0712 e. The fourth-order valence-corrected chi connectivity index (χ4v) is 2.22. The first-order chi connectivity index (χ1) is 3.29. The van der Waals surface area contributed by atoms with E-state index in [1.807, 2.05) is 21.6 Å². The lowest BCUT2D eigenvalue weighted by Gasteiger charge is -1.95. The lowest BCUT2D eigenvalue weighted by Crippen LogP contribution is -1.88. The fraction of sp³-hybridized carbons (Fsp3) is 1.00. The van der Waals surface area contributed by atoms with Gasteiger partial charge in [0.15, 0.2) is 0 Å². The second kappa shape index (κ2) is 2.31. The molecule has 0 atom stereocenters. The molecule has 2 heteroatoms. The molecule has 0 unspecified atom stereocenters. The zero-order valence-corrected chi connectivity index (χ0v) is 6.31. The molecule has 0 aromatic heterocycles. The molecule has 1 aliphatic rings. The molecule has 0 aromatic rings. The van der Waals surface area contributed by atoms with Crippen molar-refractivity contribution in [2.24, 2.45) is 5.92 Å². The molecule has 0 aliphatic carbocycles. The van der Waals surface area contributed by atoms with E-state index in [1.165, 1.54) is 6.42 Å². The Hall–Kier alpha value is 0.700. The van der Waals surface area contributed by atoms with E-state index in [0.29, 0.717) is 0 Å². The molecule has 0 N–H and O–H groups in total. The largest absolute Gasteiger partial charge is 0.0776 e. The van der Waals surface area contributed by atoms with Gasteiger partial charge < -0.3 is 0 Å². The minimum absolute atomic E-state index is 0.896. The Balaban J connectivity index is 1.97. The third-order valence-electron chi connectivity index (χ3n) is 0.896. The van der Waals surface area contributed by atoms with Crippen molar-refractivity contribution in [2.75, 3.05) is 0 Å². The van der Waals surface area contributed by atoms with Crippen LogP contribution < -0.4 is 0 Å². The third kappa shape index (κ3) is 2.50. The van der Waals surface area contributed by atoms with Gasteiger partial charge in [-0.05, 0) is 12.3 Å². The zero-order valence-electron chi connectivity index (χ0n) is 4.68. The van der Waals surface area contributed by atoms with Crippen molar-refractivity contribution in [1.82, 2.24) is 0 Å². The molecular weight excluding hydrogens is 124 g/mol. The van der Waals surface area contributed by atoms with Crippen molar-refractivity contribution in [2.45, 2.75) is 24.9 Å². The van der Waals surface area contributed by atoms with Crippen LogP contribution >= 0.6 is 21.6 Å². The summed E-state index contributed by atoms with van der Waals surface area (Å²) in [5.41, 5.74) is 0. The summed E-state index contributed by atoms with van der Waals surface area (Å²) in [6.45, 7) is 4.55. The SMILES string of the molecule is CC(C)CC1SS1. The molecule has 1 aliphatic heterocycles. The van der Waals surface area contributed by atoms with Crippen LogP contribution in [-0.4, -0.2) is 4.58 Å². The first-order valence-corrected chi connectivity index (χ1v) is 4.89. The second-order valence-corrected chi connectivity index (χ2v) is 5.23. The van der Waals surface area contributed by atoms with Crippen LogP contribution in [0.1, 0.15) is 20.3 Å². The molecule has 0 aromatic carbocycles. The van der Waals surface area contributed by atoms with Crippen LogP contribution in [0, 0.1) is 5.92 Å². The Bertz CT molecular complexity index is 57.1. The average Bonchev–Trinajstić information content (AvgIpc) is 2.17. The Morgan fingerprint density at radius 3 is 2.14 bits per heavy atom. The maximum absolute atomic E-state index is 2.28. The molecule has 1 saturated heterocycles. The van der Waals surface area contributed by atoms with Crippen molar-refractivity contribution in [3.8, 4) is 0 Å². The quantitative estimate of drug-likeness (QED) is 0.421. The number of hydrogen-bond acceptors (Lipinski definition) is 2. The summed E-state index contributed by atoms with van der Waals surface area (Å²) >= 11 is 0. The lowest BCUT2D eigenvalue weighted by molar-refractivity contribution is 0.624. The van der Waals surface area contributed by atoms with Crippen LogP contribution in [0.5, 0.6) is 0 Å². The van der Waals surface area contributed by atoms with Gasteiger partial charge in [-0.25, -0.2) is 0 Å². The van der Waals surface area contributed by atoms with E-state index in [4.69, 9.17) is 0 Å². The van der Waals surface area contributed by atoms with E-state index in [1.54, 1.807) is 0 Å². The zero-order chi connectivity index (χ0) is 5.28. The molecule has 0 bridgehead atoms. The number of hydrogen-bond donors (Lipinski definition) is 0. The maximum Gasteiger partial charge on any atom is 0.0712 e. The molecule has 1 rings (SSSR count). The predicted octanol–water partition coefficient (Wildman–Crippen LogP) is 2.75. The molecule has 0 saturated carbocycles. The Labute approximate surface area is 52.8 Å². The van der Waals surface area contributed by atoms with Gasteiger partial charge >= 0.3 is 0 Å². The van der Waals surface area contributed by atoms with Crippen LogP contribution in [0.4, 0.5) is 0 Å². The highest BCUT2D eigenvalue weighted by Crippen LogP contribution is 2.55. The minimum Gasteiger partial charge on any atom is -0.0776 e. The van der Waals surface area contributed by atoms with Gasteiger partial charge in [-0.15, -0.1) is 0 Å². The van der Waals surface area contributed by atoms with Gasteiger partial charge in [0.2, 0.25) is 0 Å². The van der Waals surface area contributed by atoms with Gasteiger partial charge in [0.05, 0.1) is 4.58 Å². The molecule has 1 heterocycles. The Kier molecular flexibility index (Phi) is 1.93. The summed E-state index contributed by atoms with van der Waals surface area (Å²) < 4.78 is 0.958. The van der Waals surface area contributed by atoms with Gasteiger partial charge in [0.1, 0.15) is 0 Å². The maximum atomic E-state index is 2.28. The fourth-order valence-electron chi connectivity index (χ4n) is 0.503. The first kappa shape index (κ1) is 5.83. The van der Waals surface area contributed by atoms with Crippen molar-refractivity contribution < 1.29 is 0 Å². The summed E-state index contributed by atoms with van der Waals surface area (Å²) in [5.74, 6) is 0.896. The van der Waals surface area contributed by atoms with E-state index in [2.05, 4.69) is 13.8 Å². The van der Waals surface area contributed by atoms with Crippen LogP contribution in [0.3, 0.4) is 0 Å². The monoisotopic (exact) mass is 134 g/mol. The third-order valence-corrected chi connectivity index (χ3v) is 3.14. The van der Waals surface area contributed by atoms with Gasteiger partial charge in [0.25, 0.3) is 0 Å². The summed E-state index contributed by atoms with van der Waals surface area (Å²) in [4.78, 5) is 0. The van der Waals surface area contributed by atoms with E-state index >= 15 is 0 Å². The molecule has 1 fully saturated rings. The average molecular weight is 134 g/mol. The van der Waals surface area contributed by atoms with E-state index < -0.39 is 0 Å². The van der Waals surface area contributed by atoms with Crippen molar-refractivity contribution in [1.29, 1.82) is 0 Å². The van der Waals surface area contributed by atoms with Crippen LogP contribution in [0.25, 0.3) is 0 Å². The van der Waals surface area contributed by atoms with Crippen LogP contribution in [-0.2, 0) is 0 Å². The normalized spacial score (nSPS) is 21.0. The molecule has 7 heavy (non-hydrogen) atoms. The summed E-state index contributed by atoms with van der Waals surface area (Å²) in [5, 5.41) is 0. The molecule has 0 radical (unpaired) electrons. The van der Waals surface area contributed by atoms with Crippen molar-refractivity contribution in [3.05, 3.63) is 0 Å². The minimum atomic E-state index is 0.896. The van der Waals surface area contributed by atoms with Gasteiger partial charge in [-0.1, -0.05) is 35.4 Å².